The van der Waals surface area contributed by atoms with E-state index in [4.69, 9.17) is 0 Å². The number of likely N-dealkylation sites (N-methyl/N-ethyl adjacent to an activating group) is 1. The highest BCUT2D eigenvalue weighted by Gasteiger charge is 2.44. The van der Waals surface area contributed by atoms with Gasteiger partial charge in [0.1, 0.15) is 0 Å². The van der Waals surface area contributed by atoms with Crippen LogP contribution in [0.1, 0.15) is 32.0 Å². The van der Waals surface area contributed by atoms with E-state index >= 15 is 0 Å². The molecule has 142 valence electrons. The molecule has 1 aliphatic rings. The fourth-order valence-electron chi connectivity index (χ4n) is 3.27. The SMILES string of the molecule is Cc1nc(C)c(C(=O)C2=C(O)C(=O)N(CCN(C)C)[C@H]2c2ccccc2)s1. The lowest BCUT2D eigenvalue weighted by Gasteiger charge is -2.28. The maximum Gasteiger partial charge on any atom is 0.290 e. The van der Waals surface area contributed by atoms with Crippen LogP contribution in [0.15, 0.2) is 41.7 Å². The summed E-state index contributed by atoms with van der Waals surface area (Å²) in [6.07, 6.45) is 0. The third-order valence-electron chi connectivity index (χ3n) is 4.56. The van der Waals surface area contributed by atoms with Crippen molar-refractivity contribution < 1.29 is 14.7 Å². The Labute approximate surface area is 162 Å². The quantitative estimate of drug-likeness (QED) is 0.774. The number of rotatable bonds is 6. The number of nitrogens with zero attached hydrogens (tertiary/aromatic N) is 3. The molecule has 1 aromatic carbocycles. The zero-order chi connectivity index (χ0) is 19.7. The number of aryl methyl sites for hydroxylation is 2. The highest BCUT2D eigenvalue weighted by Crippen LogP contribution is 2.39. The summed E-state index contributed by atoms with van der Waals surface area (Å²) in [4.78, 5) is 34.4. The second kappa shape index (κ2) is 7.62. The van der Waals surface area contributed by atoms with Crippen molar-refractivity contribution in [1.82, 2.24) is 14.8 Å². The van der Waals surface area contributed by atoms with Crippen LogP contribution in [0.2, 0.25) is 0 Å². The minimum Gasteiger partial charge on any atom is -0.503 e. The van der Waals surface area contributed by atoms with Gasteiger partial charge in [-0.15, -0.1) is 11.3 Å². The topological polar surface area (TPSA) is 73.7 Å². The smallest absolute Gasteiger partial charge is 0.290 e. The first-order valence-corrected chi connectivity index (χ1v) is 9.55. The predicted molar refractivity (Wildman–Crippen MR) is 105 cm³/mol. The number of thiazole rings is 1. The van der Waals surface area contributed by atoms with Gasteiger partial charge in [-0.3, -0.25) is 9.59 Å². The van der Waals surface area contributed by atoms with E-state index in [0.717, 1.165) is 10.6 Å². The Hall–Kier alpha value is -2.51. The molecule has 3 rings (SSSR count). The van der Waals surface area contributed by atoms with Crippen LogP contribution in [0.25, 0.3) is 0 Å². The van der Waals surface area contributed by atoms with E-state index in [2.05, 4.69) is 4.98 Å². The number of hydrogen-bond acceptors (Lipinski definition) is 6. The van der Waals surface area contributed by atoms with E-state index in [1.165, 1.54) is 11.3 Å². The molecule has 1 amide bonds. The van der Waals surface area contributed by atoms with Crippen molar-refractivity contribution in [1.29, 1.82) is 0 Å². The van der Waals surface area contributed by atoms with Gasteiger partial charge in [0, 0.05) is 13.1 Å². The van der Waals surface area contributed by atoms with Gasteiger partial charge in [0.15, 0.2) is 5.76 Å². The van der Waals surface area contributed by atoms with E-state index in [0.29, 0.717) is 23.7 Å². The van der Waals surface area contributed by atoms with Crippen molar-refractivity contribution in [3.8, 4) is 0 Å². The predicted octanol–water partition coefficient (Wildman–Crippen LogP) is 2.90. The van der Waals surface area contributed by atoms with Gasteiger partial charge in [-0.1, -0.05) is 30.3 Å². The highest BCUT2D eigenvalue weighted by atomic mass is 32.1. The third-order valence-corrected chi connectivity index (χ3v) is 5.63. The Morgan fingerprint density at radius 1 is 1.26 bits per heavy atom. The lowest BCUT2D eigenvalue weighted by atomic mass is 9.95. The third kappa shape index (κ3) is 3.65. The van der Waals surface area contributed by atoms with Crippen LogP contribution >= 0.6 is 11.3 Å². The minimum atomic E-state index is -0.604. The van der Waals surface area contributed by atoms with Gasteiger partial charge >= 0.3 is 0 Å². The van der Waals surface area contributed by atoms with Crippen molar-refractivity contribution in [3.63, 3.8) is 0 Å². The number of aliphatic hydroxyl groups excluding tert-OH is 1. The number of hydrogen-bond donors (Lipinski definition) is 1. The molecule has 0 bridgehead atoms. The zero-order valence-corrected chi connectivity index (χ0v) is 16.7. The van der Waals surface area contributed by atoms with Gasteiger partial charge in [0.25, 0.3) is 5.91 Å². The normalized spacial score (nSPS) is 17.3. The Bertz CT molecular complexity index is 902. The Balaban J connectivity index is 2.07. The van der Waals surface area contributed by atoms with Gasteiger partial charge in [-0.2, -0.15) is 0 Å². The Morgan fingerprint density at radius 3 is 2.48 bits per heavy atom. The maximum absolute atomic E-state index is 13.3. The van der Waals surface area contributed by atoms with Crippen LogP contribution in [0.3, 0.4) is 0 Å². The average Bonchev–Trinajstić information content (AvgIpc) is 3.10. The zero-order valence-electron chi connectivity index (χ0n) is 15.9. The summed E-state index contributed by atoms with van der Waals surface area (Å²) in [5.41, 5.74) is 1.56. The van der Waals surface area contributed by atoms with Crippen molar-refractivity contribution in [3.05, 3.63) is 62.8 Å². The fourth-order valence-corrected chi connectivity index (χ4v) is 4.14. The highest BCUT2D eigenvalue weighted by molar-refractivity contribution is 7.14. The van der Waals surface area contributed by atoms with E-state index < -0.39 is 17.7 Å². The summed E-state index contributed by atoms with van der Waals surface area (Å²) in [5, 5.41) is 11.4. The first-order valence-electron chi connectivity index (χ1n) is 8.73. The fraction of sp³-hybridized carbons (Fsp3) is 0.350. The molecule has 0 unspecified atom stereocenters. The number of benzene rings is 1. The standard InChI is InChI=1S/C20H23N3O3S/c1-12-19(27-13(2)21-12)17(24)15-16(14-8-6-5-7-9-14)23(11-10-22(3)4)20(26)18(15)25/h5-9,16,25H,10-11H2,1-4H3/t16-/m0/s1. The van der Waals surface area contributed by atoms with Gasteiger partial charge in [0.2, 0.25) is 5.78 Å². The van der Waals surface area contributed by atoms with Crippen LogP contribution in [-0.4, -0.2) is 58.8 Å². The molecular formula is C20H23N3O3S. The van der Waals surface area contributed by atoms with Crippen molar-refractivity contribution in [2.24, 2.45) is 0 Å². The number of aliphatic hydroxyl groups is 1. The monoisotopic (exact) mass is 385 g/mol. The summed E-state index contributed by atoms with van der Waals surface area (Å²) < 4.78 is 0. The molecule has 7 heteroatoms. The molecule has 2 aromatic rings. The van der Waals surface area contributed by atoms with Crippen molar-refractivity contribution >= 4 is 23.0 Å². The first kappa shape index (κ1) is 19.3. The summed E-state index contributed by atoms with van der Waals surface area (Å²) in [6, 6.07) is 8.75. The minimum absolute atomic E-state index is 0.136. The molecule has 0 aliphatic carbocycles. The molecule has 1 N–H and O–H groups in total. The van der Waals surface area contributed by atoms with Crippen LogP contribution in [-0.2, 0) is 4.79 Å². The maximum atomic E-state index is 13.3. The van der Waals surface area contributed by atoms with Crippen molar-refractivity contribution in [2.75, 3.05) is 27.2 Å². The second-order valence-corrected chi connectivity index (χ2v) is 8.06. The van der Waals surface area contributed by atoms with Gasteiger partial charge in [0.05, 0.1) is 27.2 Å². The molecule has 0 saturated heterocycles. The van der Waals surface area contributed by atoms with Gasteiger partial charge in [-0.25, -0.2) is 4.98 Å². The van der Waals surface area contributed by atoms with Gasteiger partial charge < -0.3 is 14.9 Å². The molecule has 1 aliphatic heterocycles. The van der Waals surface area contributed by atoms with E-state index in [9.17, 15) is 14.7 Å². The summed E-state index contributed by atoms with van der Waals surface area (Å²) >= 11 is 1.29. The van der Waals surface area contributed by atoms with E-state index in [1.54, 1.807) is 11.8 Å². The number of amides is 1. The largest absolute Gasteiger partial charge is 0.503 e. The number of Topliss-reactive ketones (excluding diaryl/α,β-unsaturated/α-hetero) is 1. The number of carbonyl (C=O) groups excluding carboxylic acids is 2. The molecule has 0 spiro atoms. The molecule has 1 atom stereocenters. The lowest BCUT2D eigenvalue weighted by Crippen LogP contribution is -2.36. The second-order valence-electron chi connectivity index (χ2n) is 6.85. The van der Waals surface area contributed by atoms with Crippen molar-refractivity contribution in [2.45, 2.75) is 19.9 Å². The molecule has 27 heavy (non-hydrogen) atoms. The summed E-state index contributed by atoms with van der Waals surface area (Å²) in [6.45, 7) is 4.64. The van der Waals surface area contributed by atoms with Gasteiger partial charge in [-0.05, 0) is 33.5 Å². The number of aromatic nitrogens is 1. The number of carbonyl (C=O) groups is 2. The molecular weight excluding hydrogens is 362 g/mol. The molecule has 1 aromatic heterocycles. The molecule has 0 saturated carbocycles. The Kier molecular flexibility index (Phi) is 5.43. The van der Waals surface area contributed by atoms with E-state index in [1.807, 2.05) is 56.3 Å². The molecule has 0 radical (unpaired) electrons. The molecule has 2 heterocycles. The summed E-state index contributed by atoms with van der Waals surface area (Å²) in [7, 11) is 3.84. The molecule has 6 nitrogen and oxygen atoms in total. The lowest BCUT2D eigenvalue weighted by molar-refractivity contribution is -0.129. The first-order chi connectivity index (χ1) is 12.8. The number of ketones is 1. The van der Waals surface area contributed by atoms with Crippen LogP contribution in [0, 0.1) is 13.8 Å². The van der Waals surface area contributed by atoms with Crippen LogP contribution in [0.4, 0.5) is 0 Å². The van der Waals surface area contributed by atoms with E-state index in [-0.39, 0.29) is 11.4 Å². The average molecular weight is 385 g/mol. The van der Waals surface area contributed by atoms with Crippen LogP contribution < -0.4 is 0 Å². The van der Waals surface area contributed by atoms with Crippen LogP contribution in [0.5, 0.6) is 0 Å². The molecule has 0 fully saturated rings. The summed E-state index contributed by atoms with van der Waals surface area (Å²) in [5.74, 6) is -1.30. The Morgan fingerprint density at radius 2 is 1.93 bits per heavy atom.